The number of aromatic amines is 1. The molecular formula is C47H55ClN6O5S. The number of pyridine rings is 1. The minimum Gasteiger partial charge on any atom is -0.455 e. The van der Waals surface area contributed by atoms with Gasteiger partial charge in [-0.05, 0) is 129 Å². The summed E-state index contributed by atoms with van der Waals surface area (Å²) < 4.78 is 41.7. The number of aryl methyl sites for hydroxylation is 1. The fourth-order valence-electron chi connectivity index (χ4n) is 8.76. The molecule has 0 spiro atoms. The van der Waals surface area contributed by atoms with E-state index < -0.39 is 15.9 Å². The number of benzene rings is 3. The van der Waals surface area contributed by atoms with Gasteiger partial charge in [-0.3, -0.25) is 9.69 Å². The van der Waals surface area contributed by atoms with Crippen molar-refractivity contribution in [3.63, 3.8) is 0 Å². The molecule has 3 aliphatic rings. The Morgan fingerprint density at radius 3 is 2.53 bits per heavy atom. The van der Waals surface area contributed by atoms with E-state index in [0.29, 0.717) is 17.3 Å². The Morgan fingerprint density at radius 1 is 1.02 bits per heavy atom. The van der Waals surface area contributed by atoms with Gasteiger partial charge in [0.15, 0.2) is 0 Å². The maximum absolute atomic E-state index is 13.9. The number of aromatic nitrogens is 2. The van der Waals surface area contributed by atoms with Gasteiger partial charge in [0.25, 0.3) is 15.9 Å². The van der Waals surface area contributed by atoms with Gasteiger partial charge in [-0.25, -0.2) is 18.1 Å². The lowest BCUT2D eigenvalue weighted by molar-refractivity contribution is 0.0622. The van der Waals surface area contributed by atoms with E-state index in [1.165, 1.54) is 22.8 Å². The molecule has 0 bridgehead atoms. The summed E-state index contributed by atoms with van der Waals surface area (Å²) in [5.41, 5.74) is 7.76. The Hall–Kier alpha value is -4.88. The van der Waals surface area contributed by atoms with Crippen molar-refractivity contribution in [2.75, 3.05) is 56.2 Å². The molecule has 11 nitrogen and oxygen atoms in total. The fraction of sp³-hybridized carbons (Fsp3) is 0.404. The topological polar surface area (TPSA) is 129 Å². The van der Waals surface area contributed by atoms with Crippen molar-refractivity contribution in [2.24, 2.45) is 11.3 Å². The molecule has 2 fully saturated rings. The SMILES string of the molecule is Cc1cc(S(=O)(=O)NC(=O)c2ccc(N3CCN(CC4=C(c5ccc(Cl)cc5)CC(C)(C)CC4)CC3)cc2Oc2cnc3[nH]ccc3c2)ccc1N[C@H](C)C1CCOCC1. The minimum atomic E-state index is -4.23. The Morgan fingerprint density at radius 2 is 1.78 bits per heavy atom. The van der Waals surface area contributed by atoms with Crippen LogP contribution in [0, 0.1) is 18.3 Å². The number of nitrogens with zero attached hydrogens (tertiary/aromatic N) is 3. The molecule has 2 aliphatic heterocycles. The third kappa shape index (κ3) is 9.68. The molecule has 60 heavy (non-hydrogen) atoms. The zero-order chi connectivity index (χ0) is 42.0. The van der Waals surface area contributed by atoms with Crippen LogP contribution in [0.15, 0.2) is 95.7 Å². The van der Waals surface area contributed by atoms with Crippen molar-refractivity contribution in [2.45, 2.75) is 70.7 Å². The fourth-order valence-corrected chi connectivity index (χ4v) is 9.94. The predicted octanol–water partition coefficient (Wildman–Crippen LogP) is 9.45. The number of halogens is 1. The molecule has 2 aromatic heterocycles. The number of nitrogens with one attached hydrogen (secondary N) is 3. The van der Waals surface area contributed by atoms with E-state index in [0.717, 1.165) is 105 Å². The second-order valence-electron chi connectivity index (χ2n) is 17.4. The number of hydrogen-bond acceptors (Lipinski definition) is 9. The van der Waals surface area contributed by atoms with Gasteiger partial charge in [0.1, 0.15) is 17.1 Å². The Bertz CT molecular complexity index is 2490. The van der Waals surface area contributed by atoms with Crippen LogP contribution in [0.2, 0.25) is 5.02 Å². The molecule has 8 rings (SSSR count). The highest BCUT2D eigenvalue weighted by Gasteiger charge is 2.30. The molecular weight excluding hydrogens is 796 g/mol. The van der Waals surface area contributed by atoms with Crippen molar-refractivity contribution in [3.8, 4) is 11.5 Å². The molecule has 0 unspecified atom stereocenters. The van der Waals surface area contributed by atoms with Crippen LogP contribution in [-0.2, 0) is 14.8 Å². The summed E-state index contributed by atoms with van der Waals surface area (Å²) in [6.45, 7) is 14.5. The third-order valence-corrected chi connectivity index (χ3v) is 14.0. The highest BCUT2D eigenvalue weighted by atomic mass is 35.5. The number of piperazine rings is 1. The van der Waals surface area contributed by atoms with E-state index in [-0.39, 0.29) is 27.7 Å². The van der Waals surface area contributed by atoms with Gasteiger partial charge >= 0.3 is 0 Å². The minimum absolute atomic E-state index is 0.00433. The van der Waals surface area contributed by atoms with Crippen LogP contribution in [0.1, 0.15) is 74.4 Å². The predicted molar refractivity (Wildman–Crippen MR) is 240 cm³/mol. The number of rotatable bonds is 12. The lowest BCUT2D eigenvalue weighted by Gasteiger charge is -2.39. The van der Waals surface area contributed by atoms with Crippen LogP contribution in [0.25, 0.3) is 16.6 Å². The summed E-state index contributed by atoms with van der Waals surface area (Å²) in [5.74, 6) is 0.348. The van der Waals surface area contributed by atoms with Crippen molar-refractivity contribution >= 4 is 55.5 Å². The van der Waals surface area contributed by atoms with Crippen LogP contribution in [-0.4, -0.2) is 81.2 Å². The van der Waals surface area contributed by atoms with Crippen molar-refractivity contribution in [3.05, 3.63) is 112 Å². The largest absolute Gasteiger partial charge is 0.455 e. The molecule has 2 saturated heterocycles. The third-order valence-electron chi connectivity index (χ3n) is 12.4. The van der Waals surface area contributed by atoms with Gasteiger partial charge in [0.2, 0.25) is 0 Å². The molecule has 13 heteroatoms. The molecule has 3 N–H and O–H groups in total. The Kier molecular flexibility index (Phi) is 12.3. The van der Waals surface area contributed by atoms with Crippen LogP contribution in [0.5, 0.6) is 11.5 Å². The number of sulfonamides is 1. The van der Waals surface area contributed by atoms with E-state index in [2.05, 4.69) is 62.7 Å². The van der Waals surface area contributed by atoms with Crippen molar-refractivity contribution in [1.82, 2.24) is 19.6 Å². The maximum Gasteiger partial charge on any atom is 0.268 e. The monoisotopic (exact) mass is 850 g/mol. The first-order chi connectivity index (χ1) is 28.8. The zero-order valence-corrected chi connectivity index (χ0v) is 36.5. The second-order valence-corrected chi connectivity index (χ2v) is 19.5. The number of fused-ring (bicyclic) bond motifs is 1. The number of H-pyrrole nitrogens is 1. The van der Waals surface area contributed by atoms with Crippen LogP contribution in [0.4, 0.5) is 11.4 Å². The average Bonchev–Trinajstić information content (AvgIpc) is 3.71. The molecule has 316 valence electrons. The number of carbonyl (C=O) groups excluding carboxylic acids is 1. The van der Waals surface area contributed by atoms with E-state index in [1.807, 2.05) is 43.3 Å². The molecule has 1 aliphatic carbocycles. The first kappa shape index (κ1) is 41.8. The molecule has 1 amide bonds. The van der Waals surface area contributed by atoms with E-state index in [4.69, 9.17) is 21.1 Å². The number of hydrogen-bond donors (Lipinski definition) is 3. The summed E-state index contributed by atoms with van der Waals surface area (Å²) in [6, 6.07) is 22.4. The highest BCUT2D eigenvalue weighted by Crippen LogP contribution is 2.43. The smallest absolute Gasteiger partial charge is 0.268 e. The standard InChI is InChI=1S/C47H55ClN6O5S/c1-31-25-40(10-12-43(31)51-32(2)33-15-23-58-24-16-33)60(56,57)52-46(55)41-11-9-38(27-44(41)59-39-26-35-14-18-49-45(35)50-29-39)54-21-19-53(20-22-54)30-36-13-17-47(3,4)28-42(36)34-5-7-37(48)8-6-34/h5-12,14,18,25-27,29,32-33,51H,13,15-17,19-24,28,30H2,1-4H3,(H,49,50)(H,52,55)/t32-/m1/s1. The number of anilines is 2. The highest BCUT2D eigenvalue weighted by molar-refractivity contribution is 7.90. The molecule has 0 radical (unpaired) electrons. The Labute approximate surface area is 358 Å². The van der Waals surface area contributed by atoms with E-state index in [9.17, 15) is 13.2 Å². The zero-order valence-electron chi connectivity index (χ0n) is 34.9. The molecule has 4 heterocycles. The van der Waals surface area contributed by atoms with E-state index in [1.54, 1.807) is 30.6 Å². The Balaban J connectivity index is 0.990. The molecule has 3 aromatic carbocycles. The summed E-state index contributed by atoms with van der Waals surface area (Å²) in [5, 5.41) is 5.15. The molecule has 0 saturated carbocycles. The van der Waals surface area contributed by atoms with E-state index >= 15 is 0 Å². The summed E-state index contributed by atoms with van der Waals surface area (Å²) in [6.07, 6.45) is 8.63. The van der Waals surface area contributed by atoms with Gasteiger partial charge in [-0.2, -0.15) is 0 Å². The van der Waals surface area contributed by atoms with Gasteiger partial charge < -0.3 is 24.7 Å². The van der Waals surface area contributed by atoms with Gasteiger partial charge in [-0.1, -0.05) is 43.2 Å². The molecule has 1 atom stereocenters. The lowest BCUT2D eigenvalue weighted by atomic mass is 9.72. The van der Waals surface area contributed by atoms with Crippen molar-refractivity contribution < 1.29 is 22.7 Å². The van der Waals surface area contributed by atoms with Crippen LogP contribution < -0.4 is 19.7 Å². The van der Waals surface area contributed by atoms with Crippen molar-refractivity contribution in [1.29, 1.82) is 0 Å². The number of allylic oxidation sites excluding steroid dienone is 1. The maximum atomic E-state index is 13.9. The van der Waals surface area contributed by atoms with Gasteiger partial charge in [0, 0.05) is 86.0 Å². The first-order valence-corrected chi connectivity index (χ1v) is 22.9. The quantitative estimate of drug-likeness (QED) is 0.113. The molecule has 5 aromatic rings. The van der Waals surface area contributed by atoms with Crippen LogP contribution >= 0.6 is 11.6 Å². The summed E-state index contributed by atoms with van der Waals surface area (Å²) >= 11 is 6.25. The normalized spacial score (nSPS) is 18.4. The van der Waals surface area contributed by atoms with Crippen LogP contribution in [0.3, 0.4) is 0 Å². The lowest BCUT2D eigenvalue weighted by Crippen LogP contribution is -2.47. The number of carbonyl (C=O) groups is 1. The van der Waals surface area contributed by atoms with Gasteiger partial charge in [0.05, 0.1) is 16.7 Å². The summed E-state index contributed by atoms with van der Waals surface area (Å²) in [7, 11) is -4.23. The number of amides is 1. The first-order valence-electron chi connectivity index (χ1n) is 21.0. The average molecular weight is 852 g/mol. The van der Waals surface area contributed by atoms with Gasteiger partial charge in [-0.15, -0.1) is 0 Å². The number of ether oxygens (including phenoxy) is 2. The second kappa shape index (κ2) is 17.6. The summed E-state index contributed by atoms with van der Waals surface area (Å²) in [4.78, 5) is 26.3.